The van der Waals surface area contributed by atoms with Crippen molar-refractivity contribution in [3.8, 4) is 0 Å². The lowest BCUT2D eigenvalue weighted by molar-refractivity contribution is 0.944. The molecule has 0 atom stereocenters. The zero-order valence-corrected chi connectivity index (χ0v) is 9.79. The summed E-state index contributed by atoms with van der Waals surface area (Å²) in [5, 5.41) is 8.23. The minimum Gasteiger partial charge on any atom is -0.318 e. The molecule has 6 heteroatoms. The van der Waals surface area contributed by atoms with E-state index in [9.17, 15) is 0 Å². The molecule has 0 saturated carbocycles. The van der Waals surface area contributed by atoms with Crippen molar-refractivity contribution in [1.29, 1.82) is 0 Å². The lowest BCUT2D eigenvalue weighted by atomic mass is 10.3. The SMILES string of the molecule is CN(c1cccc(Br)c1)c1nnns1. The van der Waals surface area contributed by atoms with Gasteiger partial charge in [-0.2, -0.15) is 0 Å². The van der Waals surface area contributed by atoms with Crippen LogP contribution in [-0.2, 0) is 0 Å². The molecule has 2 aromatic rings. The summed E-state index contributed by atoms with van der Waals surface area (Å²) in [6.45, 7) is 0. The van der Waals surface area contributed by atoms with E-state index in [-0.39, 0.29) is 0 Å². The first-order chi connectivity index (χ1) is 6.77. The van der Waals surface area contributed by atoms with E-state index in [4.69, 9.17) is 0 Å². The predicted molar refractivity (Wildman–Crippen MR) is 59.9 cm³/mol. The summed E-state index contributed by atoms with van der Waals surface area (Å²) >= 11 is 4.69. The molecule has 1 aromatic carbocycles. The van der Waals surface area contributed by atoms with Crippen molar-refractivity contribution in [3.05, 3.63) is 28.7 Å². The Labute approximate surface area is 93.9 Å². The smallest absolute Gasteiger partial charge is 0.232 e. The molecule has 0 saturated heterocycles. The summed E-state index contributed by atoms with van der Waals surface area (Å²) in [7, 11) is 1.93. The molecule has 0 spiro atoms. The minimum absolute atomic E-state index is 0.781. The van der Waals surface area contributed by atoms with Crippen LogP contribution in [-0.4, -0.2) is 21.8 Å². The molecule has 1 heterocycles. The largest absolute Gasteiger partial charge is 0.318 e. The third-order valence-electron chi connectivity index (χ3n) is 1.77. The quantitative estimate of drug-likeness (QED) is 0.841. The maximum atomic E-state index is 3.89. The Morgan fingerprint density at radius 1 is 1.43 bits per heavy atom. The molecule has 1 aromatic heterocycles. The fraction of sp³-hybridized carbons (Fsp3) is 0.125. The van der Waals surface area contributed by atoms with Crippen molar-refractivity contribution < 1.29 is 0 Å². The lowest BCUT2D eigenvalue weighted by Gasteiger charge is -2.14. The molecule has 14 heavy (non-hydrogen) atoms. The van der Waals surface area contributed by atoms with Crippen molar-refractivity contribution in [1.82, 2.24) is 14.8 Å². The number of hydrogen-bond donors (Lipinski definition) is 0. The second kappa shape index (κ2) is 4.02. The molecule has 0 aliphatic heterocycles. The van der Waals surface area contributed by atoms with Crippen molar-refractivity contribution in [2.24, 2.45) is 0 Å². The van der Waals surface area contributed by atoms with Gasteiger partial charge in [0, 0.05) is 28.7 Å². The first kappa shape index (κ1) is 9.54. The Morgan fingerprint density at radius 2 is 2.29 bits per heavy atom. The Kier molecular flexibility index (Phi) is 2.74. The Morgan fingerprint density at radius 3 is 2.93 bits per heavy atom. The molecule has 0 N–H and O–H groups in total. The van der Waals surface area contributed by atoms with Gasteiger partial charge in [-0.05, 0) is 23.4 Å². The van der Waals surface area contributed by atoms with Crippen LogP contribution in [0.5, 0.6) is 0 Å². The van der Waals surface area contributed by atoms with Crippen LogP contribution in [0.3, 0.4) is 0 Å². The maximum Gasteiger partial charge on any atom is 0.232 e. The van der Waals surface area contributed by atoms with Gasteiger partial charge >= 0.3 is 0 Å². The number of aromatic nitrogens is 3. The fourth-order valence-electron chi connectivity index (χ4n) is 1.05. The number of hydrogen-bond acceptors (Lipinski definition) is 5. The average molecular weight is 271 g/mol. The van der Waals surface area contributed by atoms with Crippen molar-refractivity contribution in [2.75, 3.05) is 11.9 Å². The second-order valence-electron chi connectivity index (χ2n) is 2.68. The van der Waals surface area contributed by atoms with Crippen molar-refractivity contribution >= 4 is 38.3 Å². The molecule has 2 rings (SSSR count). The highest BCUT2D eigenvalue weighted by Crippen LogP contribution is 2.25. The maximum absolute atomic E-state index is 3.89. The summed E-state index contributed by atoms with van der Waals surface area (Å²) in [5.74, 6) is 0. The topological polar surface area (TPSA) is 41.9 Å². The number of rotatable bonds is 2. The number of benzene rings is 1. The molecule has 0 amide bonds. The van der Waals surface area contributed by atoms with Crippen molar-refractivity contribution in [3.63, 3.8) is 0 Å². The first-order valence-electron chi connectivity index (χ1n) is 3.92. The highest BCUT2D eigenvalue weighted by molar-refractivity contribution is 9.10. The molecule has 0 radical (unpaired) electrons. The summed E-state index contributed by atoms with van der Waals surface area (Å²) < 4.78 is 4.76. The average Bonchev–Trinajstić information content (AvgIpc) is 2.69. The molecular weight excluding hydrogens is 264 g/mol. The van der Waals surface area contributed by atoms with E-state index in [1.54, 1.807) is 0 Å². The summed E-state index contributed by atoms with van der Waals surface area (Å²) in [6, 6.07) is 7.98. The van der Waals surface area contributed by atoms with E-state index in [2.05, 4.69) is 30.7 Å². The van der Waals surface area contributed by atoms with Crippen LogP contribution in [0.1, 0.15) is 0 Å². The summed E-state index contributed by atoms with van der Waals surface area (Å²) in [5.41, 5.74) is 1.05. The van der Waals surface area contributed by atoms with Crippen LogP contribution < -0.4 is 4.90 Å². The van der Waals surface area contributed by atoms with Gasteiger partial charge in [0.15, 0.2) is 0 Å². The number of nitrogens with zero attached hydrogens (tertiary/aromatic N) is 4. The molecule has 0 unspecified atom stereocenters. The monoisotopic (exact) mass is 270 g/mol. The van der Waals surface area contributed by atoms with Gasteiger partial charge in [-0.25, -0.2) is 0 Å². The van der Waals surface area contributed by atoms with Crippen LogP contribution in [0.25, 0.3) is 0 Å². The first-order valence-corrected chi connectivity index (χ1v) is 5.48. The van der Waals surface area contributed by atoms with E-state index in [1.165, 1.54) is 11.5 Å². The van der Waals surface area contributed by atoms with Crippen LogP contribution >= 0.6 is 27.5 Å². The van der Waals surface area contributed by atoms with E-state index in [0.717, 1.165) is 15.3 Å². The number of halogens is 1. The van der Waals surface area contributed by atoms with Gasteiger partial charge in [0.1, 0.15) is 0 Å². The van der Waals surface area contributed by atoms with E-state index >= 15 is 0 Å². The highest BCUT2D eigenvalue weighted by Gasteiger charge is 2.07. The lowest BCUT2D eigenvalue weighted by Crippen LogP contribution is -2.08. The molecule has 0 bridgehead atoms. The molecule has 4 nitrogen and oxygen atoms in total. The predicted octanol–water partition coefficient (Wildman–Crippen LogP) is 2.46. The second-order valence-corrected chi connectivity index (χ2v) is 4.31. The minimum atomic E-state index is 0.781. The van der Waals surface area contributed by atoms with Crippen LogP contribution in [0.2, 0.25) is 0 Å². The van der Waals surface area contributed by atoms with Gasteiger partial charge in [-0.3, -0.25) is 0 Å². The molecular formula is C8H7BrN4S. The van der Waals surface area contributed by atoms with Gasteiger partial charge < -0.3 is 4.90 Å². The van der Waals surface area contributed by atoms with E-state index in [1.807, 2.05) is 36.2 Å². The van der Waals surface area contributed by atoms with Gasteiger partial charge in [0.2, 0.25) is 5.13 Å². The molecule has 72 valence electrons. The third-order valence-corrected chi connectivity index (χ3v) is 2.94. The van der Waals surface area contributed by atoms with E-state index < -0.39 is 0 Å². The van der Waals surface area contributed by atoms with Crippen LogP contribution in [0.15, 0.2) is 28.7 Å². The Bertz CT molecular complexity index is 417. The van der Waals surface area contributed by atoms with Gasteiger partial charge in [-0.1, -0.05) is 31.6 Å². The van der Waals surface area contributed by atoms with Crippen LogP contribution in [0.4, 0.5) is 10.8 Å². The van der Waals surface area contributed by atoms with Gasteiger partial charge in [0.25, 0.3) is 0 Å². The molecule has 0 aliphatic rings. The van der Waals surface area contributed by atoms with E-state index in [0.29, 0.717) is 0 Å². The van der Waals surface area contributed by atoms with Crippen molar-refractivity contribution in [2.45, 2.75) is 0 Å². The summed E-state index contributed by atoms with van der Waals surface area (Å²) in [6.07, 6.45) is 0. The normalized spacial score (nSPS) is 10.1. The van der Waals surface area contributed by atoms with Gasteiger partial charge in [-0.15, -0.1) is 0 Å². The standard InChI is InChI=1S/C8H7BrN4S/c1-13(8-10-11-12-14-8)7-4-2-3-6(9)5-7/h2-5H,1H3. The Balaban J connectivity index is 2.32. The highest BCUT2D eigenvalue weighted by atomic mass is 79.9. The third kappa shape index (κ3) is 1.91. The molecule has 0 fully saturated rings. The zero-order valence-electron chi connectivity index (χ0n) is 7.38. The summed E-state index contributed by atoms with van der Waals surface area (Å²) in [4.78, 5) is 1.94. The Hall–Kier alpha value is -1.01. The van der Waals surface area contributed by atoms with Gasteiger partial charge in [0.05, 0.1) is 0 Å². The molecule has 0 aliphatic carbocycles. The fourth-order valence-corrected chi connectivity index (χ4v) is 1.89. The zero-order chi connectivity index (χ0) is 9.97. The number of anilines is 2. The van der Waals surface area contributed by atoms with Crippen LogP contribution in [0, 0.1) is 0 Å².